The summed E-state index contributed by atoms with van der Waals surface area (Å²) in [4.78, 5) is 13.4. The van der Waals surface area contributed by atoms with E-state index in [0.29, 0.717) is 23.5 Å². The van der Waals surface area contributed by atoms with Crippen LogP contribution in [0.15, 0.2) is 21.2 Å². The third kappa shape index (κ3) is 1.89. The maximum absolute atomic E-state index is 11.9. The first-order chi connectivity index (χ1) is 7.42. The number of amides is 1. The molecule has 2 rings (SSSR count). The molecule has 1 N–H and O–H groups in total. The largest absolute Gasteiger partial charge is 0.444 e. The van der Waals surface area contributed by atoms with Gasteiger partial charge in [0.15, 0.2) is 10.4 Å². The molecule has 4 nitrogen and oxygen atoms in total. The third-order valence-corrected chi connectivity index (χ3v) is 3.50. The van der Waals surface area contributed by atoms with Crippen LogP contribution >= 0.6 is 15.9 Å². The highest BCUT2D eigenvalue weighted by atomic mass is 79.9. The van der Waals surface area contributed by atoms with Crippen molar-refractivity contribution in [2.75, 3.05) is 13.1 Å². The summed E-state index contributed by atoms with van der Waals surface area (Å²) >= 11 is 3.15. The van der Waals surface area contributed by atoms with Crippen molar-refractivity contribution < 1.29 is 14.3 Å². The lowest BCUT2D eigenvalue weighted by Gasteiger charge is -2.48. The van der Waals surface area contributed by atoms with Crippen molar-refractivity contribution in [3.8, 4) is 0 Å². The van der Waals surface area contributed by atoms with Gasteiger partial charge >= 0.3 is 0 Å². The van der Waals surface area contributed by atoms with Gasteiger partial charge < -0.3 is 14.4 Å². The molecule has 0 bridgehead atoms. The minimum absolute atomic E-state index is 0.153. The second-order valence-corrected chi connectivity index (χ2v) is 5.30. The van der Waals surface area contributed by atoms with Crippen LogP contribution in [-0.2, 0) is 0 Å². The molecule has 0 unspecified atom stereocenters. The quantitative estimate of drug-likeness (QED) is 0.904. The Balaban J connectivity index is 2.00. The molecule has 1 fully saturated rings. The lowest BCUT2D eigenvalue weighted by Crippen LogP contribution is -2.65. The van der Waals surface area contributed by atoms with E-state index in [2.05, 4.69) is 15.9 Å². The van der Waals surface area contributed by atoms with Gasteiger partial charge in [0.2, 0.25) is 0 Å². The SMILES string of the molecule is CC(C)C1(O)CN(C(=O)c2ccc(Br)o2)C1. The third-order valence-electron chi connectivity index (χ3n) is 3.08. The molecule has 0 saturated carbocycles. The zero-order valence-electron chi connectivity index (χ0n) is 9.24. The van der Waals surface area contributed by atoms with Gasteiger partial charge in [-0.3, -0.25) is 4.79 Å². The van der Waals surface area contributed by atoms with Crippen LogP contribution in [0.25, 0.3) is 0 Å². The van der Waals surface area contributed by atoms with Gasteiger partial charge in [-0.1, -0.05) is 13.8 Å². The van der Waals surface area contributed by atoms with Gasteiger partial charge in [0, 0.05) is 0 Å². The molecule has 5 heteroatoms. The van der Waals surface area contributed by atoms with Crippen LogP contribution < -0.4 is 0 Å². The summed E-state index contributed by atoms with van der Waals surface area (Å²) < 4.78 is 5.71. The lowest BCUT2D eigenvalue weighted by molar-refractivity contribution is -0.111. The molecule has 1 aromatic heterocycles. The highest BCUT2D eigenvalue weighted by molar-refractivity contribution is 9.10. The molecule has 2 heterocycles. The first-order valence-electron chi connectivity index (χ1n) is 5.19. The fraction of sp³-hybridized carbons (Fsp3) is 0.545. The van der Waals surface area contributed by atoms with Gasteiger partial charge in [0.1, 0.15) is 5.60 Å². The maximum Gasteiger partial charge on any atom is 0.289 e. The average molecular weight is 288 g/mol. The number of carbonyl (C=O) groups is 1. The molecular weight excluding hydrogens is 274 g/mol. The van der Waals surface area contributed by atoms with Gasteiger partial charge in [0.25, 0.3) is 5.91 Å². The first-order valence-corrected chi connectivity index (χ1v) is 5.99. The van der Waals surface area contributed by atoms with Gasteiger partial charge in [-0.2, -0.15) is 0 Å². The molecule has 0 aromatic carbocycles. The molecule has 88 valence electrons. The van der Waals surface area contributed by atoms with E-state index in [1.807, 2.05) is 13.8 Å². The summed E-state index contributed by atoms with van der Waals surface area (Å²) in [5, 5.41) is 10.0. The molecule has 1 aliphatic rings. The Bertz CT molecular complexity index is 407. The number of β-amino-alcohol motifs (C(OH)–C–C–N with tert-alkyl or cyclic N) is 1. The number of hydrogen-bond acceptors (Lipinski definition) is 3. The van der Waals surface area contributed by atoms with Crippen LogP contribution in [0, 0.1) is 5.92 Å². The number of carbonyl (C=O) groups excluding carboxylic acids is 1. The van der Waals surface area contributed by atoms with Gasteiger partial charge in [-0.15, -0.1) is 0 Å². The van der Waals surface area contributed by atoms with Crippen LogP contribution in [0.5, 0.6) is 0 Å². The minimum atomic E-state index is -0.737. The predicted molar refractivity (Wildman–Crippen MR) is 62.1 cm³/mol. The fourth-order valence-electron chi connectivity index (χ4n) is 1.71. The molecule has 1 aromatic rings. The summed E-state index contributed by atoms with van der Waals surface area (Å²) in [5.74, 6) is 0.286. The molecule has 0 spiro atoms. The normalized spacial score (nSPS) is 18.7. The Morgan fingerprint density at radius 1 is 1.56 bits per heavy atom. The Morgan fingerprint density at radius 2 is 2.19 bits per heavy atom. The van der Waals surface area contributed by atoms with E-state index in [0.717, 1.165) is 0 Å². The van der Waals surface area contributed by atoms with Gasteiger partial charge in [0.05, 0.1) is 13.1 Å². The van der Waals surface area contributed by atoms with Crippen molar-refractivity contribution in [1.82, 2.24) is 4.90 Å². The highest BCUT2D eigenvalue weighted by Gasteiger charge is 2.46. The van der Waals surface area contributed by atoms with E-state index in [4.69, 9.17) is 4.42 Å². The smallest absolute Gasteiger partial charge is 0.289 e. The van der Waals surface area contributed by atoms with E-state index < -0.39 is 5.60 Å². The molecule has 16 heavy (non-hydrogen) atoms. The van der Waals surface area contributed by atoms with Crippen LogP contribution in [0.2, 0.25) is 0 Å². The summed E-state index contributed by atoms with van der Waals surface area (Å²) in [5.41, 5.74) is -0.737. The summed E-state index contributed by atoms with van der Waals surface area (Å²) in [7, 11) is 0. The molecule has 0 radical (unpaired) electrons. The Hall–Kier alpha value is -0.810. The molecule has 1 amide bonds. The van der Waals surface area contributed by atoms with Crippen LogP contribution in [0.3, 0.4) is 0 Å². The van der Waals surface area contributed by atoms with Crippen molar-refractivity contribution >= 4 is 21.8 Å². The Morgan fingerprint density at radius 3 is 2.62 bits per heavy atom. The number of halogens is 1. The number of likely N-dealkylation sites (tertiary alicyclic amines) is 1. The van der Waals surface area contributed by atoms with E-state index >= 15 is 0 Å². The van der Waals surface area contributed by atoms with Crippen molar-refractivity contribution in [3.63, 3.8) is 0 Å². The van der Waals surface area contributed by atoms with Crippen molar-refractivity contribution in [2.24, 2.45) is 5.92 Å². The van der Waals surface area contributed by atoms with E-state index in [-0.39, 0.29) is 11.8 Å². The lowest BCUT2D eigenvalue weighted by atomic mass is 9.83. The number of rotatable bonds is 2. The minimum Gasteiger partial charge on any atom is -0.444 e. The molecule has 1 aliphatic heterocycles. The van der Waals surface area contributed by atoms with Crippen LogP contribution in [0.1, 0.15) is 24.4 Å². The molecule has 1 saturated heterocycles. The van der Waals surface area contributed by atoms with E-state index in [1.165, 1.54) is 0 Å². The van der Waals surface area contributed by atoms with Gasteiger partial charge in [-0.25, -0.2) is 0 Å². The van der Waals surface area contributed by atoms with Crippen molar-refractivity contribution in [3.05, 3.63) is 22.6 Å². The average Bonchev–Trinajstić information content (AvgIpc) is 2.58. The van der Waals surface area contributed by atoms with E-state index in [9.17, 15) is 9.90 Å². The highest BCUT2D eigenvalue weighted by Crippen LogP contribution is 2.30. The molecule has 0 aliphatic carbocycles. The molecular formula is C11H14BrNO3. The standard InChI is InChI=1S/C11H14BrNO3/c1-7(2)11(15)5-13(6-11)10(14)8-3-4-9(12)16-8/h3-4,7,15H,5-6H2,1-2H3. The van der Waals surface area contributed by atoms with Gasteiger partial charge in [-0.05, 0) is 34.0 Å². The second kappa shape index (κ2) is 3.89. The fourth-order valence-corrected chi connectivity index (χ4v) is 2.02. The monoisotopic (exact) mass is 287 g/mol. The maximum atomic E-state index is 11.9. The zero-order valence-corrected chi connectivity index (χ0v) is 10.8. The summed E-state index contributed by atoms with van der Waals surface area (Å²) in [6, 6.07) is 3.31. The second-order valence-electron chi connectivity index (χ2n) is 4.52. The number of aliphatic hydroxyl groups is 1. The first kappa shape index (κ1) is 11.7. The summed E-state index contributed by atoms with van der Waals surface area (Å²) in [6.45, 7) is 4.65. The predicted octanol–water partition coefficient (Wildman–Crippen LogP) is 1.89. The Labute approximate surface area is 102 Å². The number of furan rings is 1. The van der Waals surface area contributed by atoms with Crippen molar-refractivity contribution in [2.45, 2.75) is 19.4 Å². The van der Waals surface area contributed by atoms with Crippen molar-refractivity contribution in [1.29, 1.82) is 0 Å². The van der Waals surface area contributed by atoms with Crippen LogP contribution in [-0.4, -0.2) is 34.6 Å². The van der Waals surface area contributed by atoms with E-state index in [1.54, 1.807) is 17.0 Å². The Kier molecular flexibility index (Phi) is 2.84. The number of nitrogens with zero attached hydrogens (tertiary/aromatic N) is 1. The number of hydrogen-bond donors (Lipinski definition) is 1. The topological polar surface area (TPSA) is 53.7 Å². The zero-order chi connectivity index (χ0) is 11.9. The van der Waals surface area contributed by atoms with Crippen LogP contribution in [0.4, 0.5) is 0 Å². The summed E-state index contributed by atoms with van der Waals surface area (Å²) in [6.07, 6.45) is 0. The molecule has 0 atom stereocenters.